The van der Waals surface area contributed by atoms with Crippen molar-refractivity contribution in [1.82, 2.24) is 0 Å². The van der Waals surface area contributed by atoms with Crippen LogP contribution in [-0.4, -0.2) is 51.3 Å². The van der Waals surface area contributed by atoms with Gasteiger partial charge in [-0.15, -0.1) is 0 Å². The molecule has 1 saturated heterocycles. The average molecular weight is 165 g/mol. The van der Waals surface area contributed by atoms with Crippen molar-refractivity contribution in [1.29, 1.82) is 0 Å². The van der Waals surface area contributed by atoms with Crippen molar-refractivity contribution in [2.75, 3.05) is 6.61 Å². The van der Waals surface area contributed by atoms with Crippen LogP contribution in [0.15, 0.2) is 0 Å². The summed E-state index contributed by atoms with van der Waals surface area (Å²) >= 11 is 0. The molecule has 4 atom stereocenters. The molecule has 0 aromatic carbocycles. The van der Waals surface area contributed by atoms with E-state index in [9.17, 15) is 0 Å². The lowest BCUT2D eigenvalue weighted by Gasteiger charge is -2.39. The minimum absolute atomic E-state index is 0.248. The molecule has 1 fully saturated rings. The predicted molar refractivity (Wildman–Crippen MR) is 33.1 cm³/mol. The number of rotatable bonds is 0. The van der Waals surface area contributed by atoms with Crippen LogP contribution >= 0.6 is 0 Å². The fourth-order valence-corrected chi connectivity index (χ4v) is 0.869. The highest BCUT2D eigenvalue weighted by Crippen LogP contribution is 2.19. The molecule has 1 unspecified atom stereocenters. The van der Waals surface area contributed by atoms with E-state index in [4.69, 9.17) is 26.2 Å². The predicted octanol–water partition coefficient (Wildman–Crippen LogP) is -3.30. The molecule has 0 radical (unpaired) electrons. The van der Waals surface area contributed by atoms with Gasteiger partial charge < -0.3 is 25.2 Å². The molecule has 0 bridgehead atoms. The van der Waals surface area contributed by atoms with Crippen LogP contribution in [0.2, 0.25) is 0 Å². The number of aliphatic hydroxyl groups excluding tert-OH is 3. The highest BCUT2D eigenvalue weighted by molar-refractivity contribution is 4.91. The third-order valence-corrected chi connectivity index (χ3v) is 1.66. The second-order valence-corrected chi connectivity index (χ2v) is 2.59. The summed E-state index contributed by atoms with van der Waals surface area (Å²) in [6, 6.07) is 0. The summed E-state index contributed by atoms with van der Waals surface area (Å²) in [5.74, 6) is 0. The first-order chi connectivity index (χ1) is 4.96. The zero-order chi connectivity index (χ0) is 8.65. The standard InChI is InChI=1S/C5H11NO5/c6-5(10)3(8)2(7)1-11-4(5)9/h2-4,7-10H,1,6H2/t2-,3+,4?,5-/m1/s1. The van der Waals surface area contributed by atoms with Crippen LogP contribution in [0.5, 0.6) is 0 Å². The Morgan fingerprint density at radius 3 is 2.36 bits per heavy atom. The van der Waals surface area contributed by atoms with Gasteiger partial charge in [-0.05, 0) is 0 Å². The number of hydrogen-bond donors (Lipinski definition) is 5. The molecule has 6 nitrogen and oxygen atoms in total. The van der Waals surface area contributed by atoms with Gasteiger partial charge in [0.1, 0.15) is 12.2 Å². The third-order valence-electron chi connectivity index (χ3n) is 1.66. The highest BCUT2D eigenvalue weighted by Gasteiger charge is 2.47. The van der Waals surface area contributed by atoms with Crippen molar-refractivity contribution >= 4 is 0 Å². The fourth-order valence-electron chi connectivity index (χ4n) is 0.869. The number of aliphatic hydroxyl groups is 4. The Kier molecular flexibility index (Phi) is 2.15. The van der Waals surface area contributed by atoms with E-state index in [0.717, 1.165) is 0 Å². The molecule has 0 spiro atoms. The van der Waals surface area contributed by atoms with E-state index < -0.39 is 24.2 Å². The molecule has 0 aliphatic carbocycles. The number of nitrogens with two attached hydrogens (primary N) is 1. The van der Waals surface area contributed by atoms with E-state index >= 15 is 0 Å². The molecule has 6 heteroatoms. The van der Waals surface area contributed by atoms with Crippen molar-refractivity contribution in [2.24, 2.45) is 5.73 Å². The first kappa shape index (κ1) is 8.85. The summed E-state index contributed by atoms with van der Waals surface area (Å²) in [5, 5.41) is 35.8. The average Bonchev–Trinajstić information content (AvgIpc) is 1.95. The van der Waals surface area contributed by atoms with Crippen molar-refractivity contribution in [3.05, 3.63) is 0 Å². The molecular weight excluding hydrogens is 154 g/mol. The lowest BCUT2D eigenvalue weighted by atomic mass is 10.00. The molecule has 0 aromatic heterocycles. The molecule has 0 amide bonds. The molecule has 1 rings (SSSR count). The third kappa shape index (κ3) is 1.36. The lowest BCUT2D eigenvalue weighted by molar-refractivity contribution is -0.300. The minimum Gasteiger partial charge on any atom is -0.388 e. The maximum Gasteiger partial charge on any atom is 0.200 e. The SMILES string of the molecule is N[C@]1(O)C(O)OC[C@@H](O)[C@@H]1O. The Morgan fingerprint density at radius 2 is 1.91 bits per heavy atom. The van der Waals surface area contributed by atoms with Crippen molar-refractivity contribution < 1.29 is 25.2 Å². The first-order valence-electron chi connectivity index (χ1n) is 3.13. The quantitative estimate of drug-likeness (QED) is 0.240. The van der Waals surface area contributed by atoms with Crippen LogP contribution in [-0.2, 0) is 4.74 Å². The van der Waals surface area contributed by atoms with Crippen LogP contribution in [0.25, 0.3) is 0 Å². The van der Waals surface area contributed by atoms with Gasteiger partial charge in [0.2, 0.25) is 6.29 Å². The van der Waals surface area contributed by atoms with Gasteiger partial charge in [0, 0.05) is 0 Å². The van der Waals surface area contributed by atoms with Crippen LogP contribution in [0.3, 0.4) is 0 Å². The molecule has 6 N–H and O–H groups in total. The molecule has 1 aliphatic heterocycles. The Hall–Kier alpha value is -0.240. The fraction of sp³-hybridized carbons (Fsp3) is 1.00. The molecule has 66 valence electrons. The molecular formula is C5H11NO5. The first-order valence-corrected chi connectivity index (χ1v) is 3.13. The van der Waals surface area contributed by atoms with E-state index in [1.807, 2.05) is 0 Å². The number of ether oxygens (including phenoxy) is 1. The summed E-state index contributed by atoms with van der Waals surface area (Å²) in [5.41, 5.74) is 2.73. The van der Waals surface area contributed by atoms with E-state index in [1.165, 1.54) is 0 Å². The normalized spacial score (nSPS) is 52.6. The summed E-state index contributed by atoms with van der Waals surface area (Å²) in [6.07, 6.45) is -4.53. The van der Waals surface area contributed by atoms with Crippen LogP contribution in [0.1, 0.15) is 0 Å². The van der Waals surface area contributed by atoms with Gasteiger partial charge in [0.05, 0.1) is 6.61 Å². The van der Waals surface area contributed by atoms with Gasteiger partial charge in [0.25, 0.3) is 0 Å². The topological polar surface area (TPSA) is 116 Å². The maximum atomic E-state index is 9.07. The van der Waals surface area contributed by atoms with E-state index in [-0.39, 0.29) is 6.61 Å². The van der Waals surface area contributed by atoms with Crippen LogP contribution in [0, 0.1) is 0 Å². The Bertz CT molecular complexity index is 150. The zero-order valence-electron chi connectivity index (χ0n) is 5.71. The Morgan fingerprint density at radius 1 is 1.36 bits per heavy atom. The van der Waals surface area contributed by atoms with Gasteiger partial charge in [-0.2, -0.15) is 0 Å². The second-order valence-electron chi connectivity index (χ2n) is 2.59. The number of hydrogen-bond acceptors (Lipinski definition) is 6. The minimum atomic E-state index is -2.29. The zero-order valence-corrected chi connectivity index (χ0v) is 5.71. The molecule has 0 saturated carbocycles. The lowest BCUT2D eigenvalue weighted by Crippen LogP contribution is -2.68. The summed E-state index contributed by atoms with van der Waals surface area (Å²) in [4.78, 5) is 0. The Balaban J connectivity index is 2.72. The van der Waals surface area contributed by atoms with Gasteiger partial charge in [-0.25, -0.2) is 0 Å². The van der Waals surface area contributed by atoms with Gasteiger partial charge in [-0.3, -0.25) is 5.73 Å². The maximum absolute atomic E-state index is 9.07. The van der Waals surface area contributed by atoms with Gasteiger partial charge in [-0.1, -0.05) is 0 Å². The van der Waals surface area contributed by atoms with E-state index in [0.29, 0.717) is 0 Å². The molecule has 0 aromatic rings. The largest absolute Gasteiger partial charge is 0.388 e. The van der Waals surface area contributed by atoms with Crippen molar-refractivity contribution in [3.8, 4) is 0 Å². The summed E-state index contributed by atoms with van der Waals surface area (Å²) in [7, 11) is 0. The smallest absolute Gasteiger partial charge is 0.200 e. The van der Waals surface area contributed by atoms with E-state index in [2.05, 4.69) is 4.74 Å². The second kappa shape index (κ2) is 2.67. The monoisotopic (exact) mass is 165 g/mol. The summed E-state index contributed by atoms with van der Waals surface area (Å²) < 4.78 is 4.45. The van der Waals surface area contributed by atoms with Gasteiger partial charge in [0.15, 0.2) is 5.72 Å². The van der Waals surface area contributed by atoms with Crippen molar-refractivity contribution in [3.63, 3.8) is 0 Å². The molecule has 1 heterocycles. The van der Waals surface area contributed by atoms with Crippen molar-refractivity contribution in [2.45, 2.75) is 24.2 Å². The van der Waals surface area contributed by atoms with Crippen LogP contribution < -0.4 is 5.73 Å². The van der Waals surface area contributed by atoms with E-state index in [1.54, 1.807) is 0 Å². The highest BCUT2D eigenvalue weighted by atomic mass is 16.6. The summed E-state index contributed by atoms with van der Waals surface area (Å²) in [6.45, 7) is -0.248. The molecule has 11 heavy (non-hydrogen) atoms. The van der Waals surface area contributed by atoms with Gasteiger partial charge >= 0.3 is 0 Å². The van der Waals surface area contributed by atoms with Crippen LogP contribution in [0.4, 0.5) is 0 Å². The Labute approximate surface area is 62.8 Å². The molecule has 1 aliphatic rings.